The Morgan fingerprint density at radius 1 is 1.13 bits per heavy atom. The molecule has 0 bridgehead atoms. The summed E-state index contributed by atoms with van der Waals surface area (Å²) in [5.74, 6) is -0.537. The van der Waals surface area contributed by atoms with Crippen molar-refractivity contribution in [3.63, 3.8) is 0 Å². The van der Waals surface area contributed by atoms with Crippen molar-refractivity contribution < 1.29 is 22.1 Å². The van der Waals surface area contributed by atoms with Gasteiger partial charge in [-0.05, 0) is 18.4 Å². The van der Waals surface area contributed by atoms with Crippen LogP contribution in [-0.2, 0) is 24.0 Å². The van der Waals surface area contributed by atoms with Gasteiger partial charge in [-0.1, -0.05) is 36.8 Å². The van der Waals surface area contributed by atoms with Crippen molar-refractivity contribution >= 4 is 10.3 Å². The maximum atomic E-state index is 10.9. The van der Waals surface area contributed by atoms with Crippen LogP contribution in [0.15, 0.2) is 30.3 Å². The topological polar surface area (TPSA) is 87.9 Å². The largest absolute Gasteiger partial charge is 0.344 e. The van der Waals surface area contributed by atoms with Crippen LogP contribution in [0.4, 0.5) is 0 Å². The molecule has 0 amide bonds. The van der Waals surface area contributed by atoms with Gasteiger partial charge in [-0.25, -0.2) is 5.14 Å². The van der Waals surface area contributed by atoms with Gasteiger partial charge in [0.2, 0.25) is 0 Å². The molecule has 1 heterocycles. The standard InChI is InChI=1S/C16H23NO5S/c17-23(18,19)20-12-9-14-15(13-7-3-1-4-8-13)22-16(21-14)10-5-2-6-11-16/h1,3-4,7-8,14-15H,2,5-6,9-12H2,(H2,17,18,19)/t14?,15-/m1/s1. The molecule has 1 spiro atoms. The second-order valence-electron chi connectivity index (χ2n) is 6.18. The minimum Gasteiger partial charge on any atom is -0.344 e. The Morgan fingerprint density at radius 3 is 2.48 bits per heavy atom. The third kappa shape index (κ3) is 4.30. The summed E-state index contributed by atoms with van der Waals surface area (Å²) in [6, 6.07) is 9.88. The molecule has 6 nitrogen and oxygen atoms in total. The van der Waals surface area contributed by atoms with E-state index in [4.69, 9.17) is 14.6 Å². The van der Waals surface area contributed by atoms with Gasteiger partial charge in [0.1, 0.15) is 6.10 Å². The van der Waals surface area contributed by atoms with Crippen molar-refractivity contribution in [3.05, 3.63) is 35.9 Å². The molecule has 7 heteroatoms. The van der Waals surface area contributed by atoms with E-state index in [1.165, 1.54) is 6.42 Å². The first-order valence-corrected chi connectivity index (χ1v) is 9.52. The molecule has 2 fully saturated rings. The lowest BCUT2D eigenvalue weighted by Crippen LogP contribution is -2.33. The molecule has 1 saturated carbocycles. The molecule has 2 N–H and O–H groups in total. The quantitative estimate of drug-likeness (QED) is 0.888. The fourth-order valence-electron chi connectivity index (χ4n) is 3.42. The Bertz CT molecular complexity index is 613. The van der Waals surface area contributed by atoms with E-state index in [0.29, 0.717) is 6.42 Å². The maximum absolute atomic E-state index is 10.9. The lowest BCUT2D eigenvalue weighted by molar-refractivity contribution is -0.195. The first-order valence-electron chi connectivity index (χ1n) is 8.05. The highest BCUT2D eigenvalue weighted by atomic mass is 32.2. The summed E-state index contributed by atoms with van der Waals surface area (Å²) < 4.78 is 39.1. The molecule has 0 radical (unpaired) electrons. The molecule has 23 heavy (non-hydrogen) atoms. The number of ether oxygens (including phenoxy) is 2. The van der Waals surface area contributed by atoms with E-state index in [9.17, 15) is 8.42 Å². The first-order chi connectivity index (χ1) is 11.0. The van der Waals surface area contributed by atoms with Crippen molar-refractivity contribution in [3.8, 4) is 0 Å². The van der Waals surface area contributed by atoms with Crippen LogP contribution in [0, 0.1) is 0 Å². The van der Waals surface area contributed by atoms with Crippen LogP contribution >= 0.6 is 0 Å². The first kappa shape index (κ1) is 16.9. The smallest absolute Gasteiger partial charge is 0.333 e. The van der Waals surface area contributed by atoms with Crippen LogP contribution in [-0.4, -0.2) is 26.9 Å². The molecule has 3 rings (SSSR count). The van der Waals surface area contributed by atoms with E-state index in [2.05, 4.69) is 4.18 Å². The molecule has 1 aromatic carbocycles. The predicted molar refractivity (Wildman–Crippen MR) is 84.6 cm³/mol. The monoisotopic (exact) mass is 341 g/mol. The minimum atomic E-state index is -3.93. The number of hydrogen-bond acceptors (Lipinski definition) is 5. The van der Waals surface area contributed by atoms with E-state index in [-0.39, 0.29) is 18.8 Å². The molecule has 128 valence electrons. The van der Waals surface area contributed by atoms with E-state index < -0.39 is 16.1 Å². The van der Waals surface area contributed by atoms with Gasteiger partial charge in [0, 0.05) is 19.3 Å². The van der Waals surface area contributed by atoms with Crippen molar-refractivity contribution in [2.24, 2.45) is 5.14 Å². The number of hydrogen-bond donors (Lipinski definition) is 1. The highest BCUT2D eigenvalue weighted by Gasteiger charge is 2.48. The van der Waals surface area contributed by atoms with Crippen LogP contribution in [0.25, 0.3) is 0 Å². The molecule has 2 atom stereocenters. The predicted octanol–water partition coefficient (Wildman–Crippen LogP) is 2.41. The molecule has 2 aliphatic rings. The van der Waals surface area contributed by atoms with Gasteiger partial charge in [-0.15, -0.1) is 0 Å². The minimum absolute atomic E-state index is 0.00767. The van der Waals surface area contributed by atoms with Crippen LogP contribution in [0.5, 0.6) is 0 Å². The lowest BCUT2D eigenvalue weighted by atomic mass is 9.94. The van der Waals surface area contributed by atoms with E-state index in [0.717, 1.165) is 31.2 Å². The summed E-state index contributed by atoms with van der Waals surface area (Å²) in [6.07, 6.45) is 5.09. The zero-order chi connectivity index (χ0) is 16.3. The zero-order valence-electron chi connectivity index (χ0n) is 13.0. The van der Waals surface area contributed by atoms with Crippen molar-refractivity contribution in [2.75, 3.05) is 6.61 Å². The van der Waals surface area contributed by atoms with Gasteiger partial charge in [-0.2, -0.15) is 8.42 Å². The Labute approximate surface area is 137 Å². The average molecular weight is 341 g/mol. The maximum Gasteiger partial charge on any atom is 0.333 e. The molecular formula is C16H23NO5S. The fourth-order valence-corrected chi connectivity index (χ4v) is 3.74. The normalized spacial score (nSPS) is 27.3. The Balaban J connectivity index is 1.73. The van der Waals surface area contributed by atoms with Gasteiger partial charge in [0.25, 0.3) is 0 Å². The van der Waals surface area contributed by atoms with Crippen LogP contribution in [0.3, 0.4) is 0 Å². The van der Waals surface area contributed by atoms with Gasteiger partial charge in [0.05, 0.1) is 12.7 Å². The van der Waals surface area contributed by atoms with Crippen LogP contribution in [0.2, 0.25) is 0 Å². The van der Waals surface area contributed by atoms with Crippen molar-refractivity contribution in [1.29, 1.82) is 0 Å². The summed E-state index contributed by atoms with van der Waals surface area (Å²) in [6.45, 7) is -0.00767. The molecule has 1 aliphatic carbocycles. The molecule has 1 unspecified atom stereocenters. The number of benzene rings is 1. The van der Waals surface area contributed by atoms with Gasteiger partial charge < -0.3 is 9.47 Å². The molecule has 0 aromatic heterocycles. The SMILES string of the molecule is NS(=O)(=O)OCCC1OC2(CCCCC2)O[C@@H]1c1ccccc1. The van der Waals surface area contributed by atoms with Crippen molar-refractivity contribution in [2.45, 2.75) is 56.5 Å². The molecule has 1 aromatic rings. The average Bonchev–Trinajstić information content (AvgIpc) is 2.86. The van der Waals surface area contributed by atoms with E-state index >= 15 is 0 Å². The summed E-state index contributed by atoms with van der Waals surface area (Å²) in [7, 11) is -3.93. The highest BCUT2D eigenvalue weighted by Crippen LogP contribution is 2.46. The Morgan fingerprint density at radius 2 is 1.83 bits per heavy atom. The highest BCUT2D eigenvalue weighted by molar-refractivity contribution is 7.84. The second kappa shape index (κ2) is 6.86. The molecule has 1 saturated heterocycles. The van der Waals surface area contributed by atoms with E-state index in [1.807, 2.05) is 30.3 Å². The summed E-state index contributed by atoms with van der Waals surface area (Å²) in [4.78, 5) is 0. The summed E-state index contributed by atoms with van der Waals surface area (Å²) >= 11 is 0. The summed E-state index contributed by atoms with van der Waals surface area (Å²) in [5.41, 5.74) is 1.04. The number of rotatable bonds is 5. The third-order valence-corrected chi connectivity index (χ3v) is 4.93. The Hall–Kier alpha value is -0.990. The molecule has 1 aliphatic heterocycles. The van der Waals surface area contributed by atoms with Crippen LogP contribution < -0.4 is 5.14 Å². The van der Waals surface area contributed by atoms with Crippen LogP contribution in [0.1, 0.15) is 50.2 Å². The van der Waals surface area contributed by atoms with Gasteiger partial charge >= 0.3 is 10.3 Å². The molecular weight excluding hydrogens is 318 g/mol. The lowest BCUT2D eigenvalue weighted by Gasteiger charge is -2.32. The second-order valence-corrected chi connectivity index (χ2v) is 7.40. The third-order valence-electron chi connectivity index (χ3n) is 4.44. The summed E-state index contributed by atoms with van der Waals surface area (Å²) in [5, 5.41) is 4.88. The van der Waals surface area contributed by atoms with E-state index in [1.54, 1.807) is 0 Å². The Kier molecular flexibility index (Phi) is 5.03. The zero-order valence-corrected chi connectivity index (χ0v) is 13.8. The van der Waals surface area contributed by atoms with Crippen molar-refractivity contribution in [1.82, 2.24) is 0 Å². The van der Waals surface area contributed by atoms with Gasteiger partial charge in [-0.3, -0.25) is 4.18 Å². The fraction of sp³-hybridized carbons (Fsp3) is 0.625. The van der Waals surface area contributed by atoms with Gasteiger partial charge in [0.15, 0.2) is 5.79 Å². The number of nitrogens with two attached hydrogens (primary N) is 1.